The smallest absolute Gasteiger partial charge is 0.335 e. The van der Waals surface area contributed by atoms with Crippen molar-refractivity contribution in [3.05, 3.63) is 70.5 Å². The second kappa shape index (κ2) is 6.83. The Kier molecular flexibility index (Phi) is 4.60. The zero-order valence-corrected chi connectivity index (χ0v) is 13.2. The summed E-state index contributed by atoms with van der Waals surface area (Å²) < 4.78 is 13.4. The van der Waals surface area contributed by atoms with E-state index in [1.807, 2.05) is 0 Å². The van der Waals surface area contributed by atoms with Crippen LogP contribution in [-0.2, 0) is 24.2 Å². The molecule has 1 heterocycles. The van der Waals surface area contributed by atoms with Gasteiger partial charge >= 0.3 is 5.97 Å². The first-order valence-corrected chi connectivity index (χ1v) is 7.91. The predicted molar refractivity (Wildman–Crippen MR) is 87.2 cm³/mol. The lowest BCUT2D eigenvalue weighted by molar-refractivity contribution is -0.132. The van der Waals surface area contributed by atoms with Gasteiger partial charge in [0, 0.05) is 19.5 Å². The number of halogens is 1. The monoisotopic (exact) mass is 327 g/mol. The molecule has 1 amide bonds. The topological polar surface area (TPSA) is 57.6 Å². The number of carboxylic acid groups (broad SMARTS) is 1. The largest absolute Gasteiger partial charge is 0.478 e. The van der Waals surface area contributed by atoms with Crippen LogP contribution in [0.25, 0.3) is 0 Å². The minimum atomic E-state index is -0.986. The van der Waals surface area contributed by atoms with Crippen LogP contribution in [0.15, 0.2) is 42.5 Å². The molecule has 0 unspecified atom stereocenters. The minimum absolute atomic E-state index is 0.0369. The Morgan fingerprint density at radius 1 is 1.12 bits per heavy atom. The zero-order chi connectivity index (χ0) is 17.1. The van der Waals surface area contributed by atoms with Crippen molar-refractivity contribution >= 4 is 11.9 Å². The molecular weight excluding hydrogens is 309 g/mol. The van der Waals surface area contributed by atoms with E-state index in [4.69, 9.17) is 0 Å². The van der Waals surface area contributed by atoms with E-state index >= 15 is 0 Å². The van der Waals surface area contributed by atoms with E-state index in [0.29, 0.717) is 31.5 Å². The van der Waals surface area contributed by atoms with Crippen LogP contribution in [0.1, 0.15) is 33.5 Å². The van der Waals surface area contributed by atoms with Gasteiger partial charge in [0.2, 0.25) is 5.91 Å². The highest BCUT2D eigenvalue weighted by atomic mass is 19.1. The molecule has 2 aromatic rings. The number of carbonyl (C=O) groups excluding carboxylic acids is 1. The molecule has 5 heteroatoms. The Hall–Kier alpha value is -2.69. The van der Waals surface area contributed by atoms with Gasteiger partial charge in [-0.1, -0.05) is 24.3 Å². The van der Waals surface area contributed by atoms with E-state index in [2.05, 4.69) is 0 Å². The van der Waals surface area contributed by atoms with E-state index in [-0.39, 0.29) is 23.7 Å². The molecule has 0 fully saturated rings. The van der Waals surface area contributed by atoms with E-state index in [1.165, 1.54) is 12.1 Å². The third kappa shape index (κ3) is 3.45. The van der Waals surface area contributed by atoms with Crippen molar-refractivity contribution in [2.45, 2.75) is 25.8 Å². The zero-order valence-electron chi connectivity index (χ0n) is 13.2. The van der Waals surface area contributed by atoms with Crippen LogP contribution >= 0.6 is 0 Å². The molecule has 4 nitrogen and oxygen atoms in total. The normalized spacial score (nSPS) is 13.5. The summed E-state index contributed by atoms with van der Waals surface area (Å²) in [5.74, 6) is -1.32. The summed E-state index contributed by atoms with van der Waals surface area (Å²) in [7, 11) is 0. The molecule has 0 spiro atoms. The van der Waals surface area contributed by atoms with Gasteiger partial charge in [0.25, 0.3) is 0 Å². The van der Waals surface area contributed by atoms with Crippen molar-refractivity contribution in [3.63, 3.8) is 0 Å². The number of amides is 1. The first-order valence-electron chi connectivity index (χ1n) is 7.91. The first kappa shape index (κ1) is 16.2. The Morgan fingerprint density at radius 3 is 2.71 bits per heavy atom. The molecule has 1 aliphatic heterocycles. The van der Waals surface area contributed by atoms with Gasteiger partial charge < -0.3 is 10.0 Å². The number of aromatic carboxylic acids is 1. The quantitative estimate of drug-likeness (QED) is 0.939. The summed E-state index contributed by atoms with van der Waals surface area (Å²) >= 11 is 0. The van der Waals surface area contributed by atoms with Gasteiger partial charge in [-0.3, -0.25) is 4.79 Å². The van der Waals surface area contributed by atoms with E-state index in [1.54, 1.807) is 35.2 Å². The average Bonchev–Trinajstić information content (AvgIpc) is 2.59. The molecule has 0 bridgehead atoms. The fraction of sp³-hybridized carbons (Fsp3) is 0.263. The molecule has 0 radical (unpaired) electrons. The van der Waals surface area contributed by atoms with Gasteiger partial charge in [-0.05, 0) is 47.7 Å². The molecular formula is C19H18FNO3. The van der Waals surface area contributed by atoms with Crippen LogP contribution in [0.4, 0.5) is 4.39 Å². The van der Waals surface area contributed by atoms with Gasteiger partial charge in [0.1, 0.15) is 5.82 Å². The Morgan fingerprint density at radius 2 is 1.92 bits per heavy atom. The number of hydrogen-bond acceptors (Lipinski definition) is 2. The van der Waals surface area contributed by atoms with E-state index in [0.717, 1.165) is 11.1 Å². The van der Waals surface area contributed by atoms with Crippen molar-refractivity contribution in [2.24, 2.45) is 0 Å². The molecule has 0 saturated carbocycles. The van der Waals surface area contributed by atoms with Crippen molar-refractivity contribution in [1.29, 1.82) is 0 Å². The second-order valence-corrected chi connectivity index (χ2v) is 5.94. The van der Waals surface area contributed by atoms with E-state index < -0.39 is 5.97 Å². The van der Waals surface area contributed by atoms with Crippen LogP contribution in [0, 0.1) is 5.82 Å². The summed E-state index contributed by atoms with van der Waals surface area (Å²) in [6.07, 6.45) is 1.34. The molecule has 1 aliphatic rings. The van der Waals surface area contributed by atoms with Gasteiger partial charge in [-0.15, -0.1) is 0 Å². The number of carbonyl (C=O) groups is 2. The second-order valence-electron chi connectivity index (χ2n) is 5.94. The van der Waals surface area contributed by atoms with Crippen molar-refractivity contribution in [3.8, 4) is 0 Å². The molecule has 0 aliphatic carbocycles. The number of benzene rings is 2. The van der Waals surface area contributed by atoms with Crippen molar-refractivity contribution in [2.75, 3.05) is 6.54 Å². The maximum atomic E-state index is 13.4. The summed E-state index contributed by atoms with van der Waals surface area (Å²) in [5.41, 5.74) is 2.82. The number of fused-ring (bicyclic) bond motifs is 1. The maximum absolute atomic E-state index is 13.4. The van der Waals surface area contributed by atoms with Crippen LogP contribution in [0.3, 0.4) is 0 Å². The predicted octanol–water partition coefficient (Wildman–Crippen LogP) is 3.04. The Balaban J connectivity index is 1.65. The lowest BCUT2D eigenvalue weighted by Crippen LogP contribution is -2.36. The number of carboxylic acids is 1. The van der Waals surface area contributed by atoms with Crippen LogP contribution in [0.5, 0.6) is 0 Å². The lowest BCUT2D eigenvalue weighted by Gasteiger charge is -2.29. The fourth-order valence-electron chi connectivity index (χ4n) is 3.09. The first-order chi connectivity index (χ1) is 11.5. The molecule has 3 rings (SSSR count). The minimum Gasteiger partial charge on any atom is -0.478 e. The SMILES string of the molecule is O=C(O)c1ccccc1CCC(=O)N1CCc2ccc(F)cc2C1. The Bertz CT molecular complexity index is 788. The average molecular weight is 327 g/mol. The summed E-state index contributed by atoms with van der Waals surface area (Å²) in [4.78, 5) is 25.4. The van der Waals surface area contributed by atoms with Crippen LogP contribution in [-0.4, -0.2) is 28.4 Å². The Labute approximate surface area is 139 Å². The molecule has 2 aromatic carbocycles. The maximum Gasteiger partial charge on any atom is 0.335 e. The van der Waals surface area contributed by atoms with Gasteiger partial charge in [-0.2, -0.15) is 0 Å². The fourth-order valence-corrected chi connectivity index (χ4v) is 3.09. The summed E-state index contributed by atoms with van der Waals surface area (Å²) in [5, 5.41) is 9.18. The van der Waals surface area contributed by atoms with Crippen molar-refractivity contribution in [1.82, 2.24) is 4.90 Å². The lowest BCUT2D eigenvalue weighted by atomic mass is 9.98. The number of aryl methyl sites for hydroxylation is 1. The summed E-state index contributed by atoms with van der Waals surface area (Å²) in [6.45, 7) is 1.02. The highest BCUT2D eigenvalue weighted by Gasteiger charge is 2.21. The molecule has 0 aromatic heterocycles. The van der Waals surface area contributed by atoms with Crippen molar-refractivity contribution < 1.29 is 19.1 Å². The van der Waals surface area contributed by atoms with Gasteiger partial charge in [0.05, 0.1) is 5.56 Å². The summed E-state index contributed by atoms with van der Waals surface area (Å²) in [6, 6.07) is 11.4. The standard InChI is InChI=1S/C19H18FNO3/c20-16-7-5-13-9-10-21(12-15(13)11-16)18(22)8-6-14-3-1-2-4-17(14)19(23)24/h1-5,7,11H,6,8-10,12H2,(H,23,24). The highest BCUT2D eigenvalue weighted by Crippen LogP contribution is 2.21. The van der Waals surface area contributed by atoms with Crippen LogP contribution in [0.2, 0.25) is 0 Å². The third-order valence-electron chi connectivity index (χ3n) is 4.39. The molecule has 124 valence electrons. The van der Waals surface area contributed by atoms with Gasteiger partial charge in [0.15, 0.2) is 0 Å². The van der Waals surface area contributed by atoms with Crippen LogP contribution < -0.4 is 0 Å². The molecule has 0 saturated heterocycles. The van der Waals surface area contributed by atoms with E-state index in [9.17, 15) is 19.1 Å². The molecule has 24 heavy (non-hydrogen) atoms. The number of hydrogen-bond donors (Lipinski definition) is 1. The third-order valence-corrected chi connectivity index (χ3v) is 4.39. The van der Waals surface area contributed by atoms with Gasteiger partial charge in [-0.25, -0.2) is 9.18 Å². The number of rotatable bonds is 4. The molecule has 0 atom stereocenters. The molecule has 1 N–H and O–H groups in total. The number of nitrogens with zero attached hydrogens (tertiary/aromatic N) is 1. The highest BCUT2D eigenvalue weighted by molar-refractivity contribution is 5.89.